The van der Waals surface area contributed by atoms with E-state index in [-0.39, 0.29) is 30.2 Å². The normalized spacial score (nSPS) is 30.3. The van der Waals surface area contributed by atoms with Crippen LogP contribution in [-0.2, 0) is 19.1 Å². The van der Waals surface area contributed by atoms with Gasteiger partial charge in [-0.2, -0.15) is 0 Å². The molecule has 5 rings (SSSR count). The third kappa shape index (κ3) is 5.63. The zero-order valence-electron chi connectivity index (χ0n) is 26.4. The van der Waals surface area contributed by atoms with Crippen LogP contribution in [0.15, 0.2) is 55.6 Å². The predicted octanol–water partition coefficient (Wildman–Crippen LogP) is 3.05. The Balaban J connectivity index is 1.54. The summed E-state index contributed by atoms with van der Waals surface area (Å²) in [5.41, 5.74) is 0.758. The van der Waals surface area contributed by atoms with Crippen molar-refractivity contribution in [3.63, 3.8) is 0 Å². The number of hydrogen-bond donors (Lipinski definition) is 1. The second kappa shape index (κ2) is 13.4. The number of aliphatic hydroxyl groups excluding tert-OH is 1. The second-order valence-corrected chi connectivity index (χ2v) is 15.0. The lowest BCUT2D eigenvalue weighted by Gasteiger charge is -2.41. The van der Waals surface area contributed by atoms with Gasteiger partial charge < -0.3 is 24.5 Å². The van der Waals surface area contributed by atoms with Gasteiger partial charge in [0.15, 0.2) is 0 Å². The van der Waals surface area contributed by atoms with E-state index in [0.29, 0.717) is 45.8 Å². The lowest BCUT2D eigenvalue weighted by molar-refractivity contribution is -0.147. The molecule has 0 aliphatic carbocycles. The zero-order chi connectivity index (χ0) is 31.6. The summed E-state index contributed by atoms with van der Waals surface area (Å²) in [5.74, 6) is -1.78. The van der Waals surface area contributed by atoms with Crippen LogP contribution >= 0.6 is 11.8 Å². The van der Waals surface area contributed by atoms with E-state index >= 15 is 0 Å². The number of thioether (sulfide) groups is 1. The first-order valence-corrected chi connectivity index (χ1v) is 16.8. The SMILES string of the molecule is C=CCN(CCN1CCOCC1)C(=O)C1N([C@@H](CO)C(C)C)C(=O)[C@@H]2[C@@H](C(=O)N(CC=C)c3ccccc3)[C@@]3(C)CCC12S3. The molecule has 0 aromatic heterocycles. The van der Waals surface area contributed by atoms with Crippen LogP contribution in [-0.4, -0.2) is 118 Å². The molecule has 4 aliphatic rings. The Kier molecular flexibility index (Phi) is 9.94. The number of carbonyl (C=O) groups is 3. The Hall–Kier alpha value is -2.66. The quantitative estimate of drug-likeness (QED) is 0.338. The van der Waals surface area contributed by atoms with Gasteiger partial charge in [0.05, 0.1) is 42.4 Å². The first-order chi connectivity index (χ1) is 21.1. The number of para-hydroxylation sites is 1. The molecule has 6 atom stereocenters. The van der Waals surface area contributed by atoms with Crippen LogP contribution < -0.4 is 4.90 Å². The summed E-state index contributed by atoms with van der Waals surface area (Å²) in [4.78, 5) is 51.7. The maximum Gasteiger partial charge on any atom is 0.247 e. The molecule has 1 aromatic carbocycles. The van der Waals surface area contributed by atoms with Gasteiger partial charge in [0.2, 0.25) is 17.7 Å². The summed E-state index contributed by atoms with van der Waals surface area (Å²) in [5, 5.41) is 10.6. The lowest BCUT2D eigenvalue weighted by Crippen LogP contribution is -2.59. The number of ether oxygens (including phenoxy) is 1. The topological polar surface area (TPSA) is 93.6 Å². The molecule has 1 N–H and O–H groups in total. The third-order valence-corrected chi connectivity index (χ3v) is 12.1. The van der Waals surface area contributed by atoms with Crippen LogP contribution in [0.3, 0.4) is 0 Å². The Morgan fingerprint density at radius 1 is 1.11 bits per heavy atom. The predicted molar refractivity (Wildman–Crippen MR) is 174 cm³/mol. The molecule has 9 nitrogen and oxygen atoms in total. The highest BCUT2D eigenvalue weighted by Gasteiger charge is 2.78. The number of benzene rings is 1. The molecule has 240 valence electrons. The fourth-order valence-electron chi connectivity index (χ4n) is 7.93. The molecule has 4 heterocycles. The largest absolute Gasteiger partial charge is 0.394 e. The number of aliphatic hydroxyl groups is 1. The fraction of sp³-hybridized carbons (Fsp3) is 0.618. The molecule has 44 heavy (non-hydrogen) atoms. The Morgan fingerprint density at radius 2 is 1.80 bits per heavy atom. The van der Waals surface area contributed by atoms with Crippen LogP contribution in [0, 0.1) is 17.8 Å². The number of hydrogen-bond acceptors (Lipinski definition) is 7. The Morgan fingerprint density at radius 3 is 2.41 bits per heavy atom. The van der Waals surface area contributed by atoms with Crippen molar-refractivity contribution in [3.8, 4) is 0 Å². The van der Waals surface area contributed by atoms with Crippen LogP contribution in [0.5, 0.6) is 0 Å². The van der Waals surface area contributed by atoms with Crippen LogP contribution in [0.25, 0.3) is 0 Å². The van der Waals surface area contributed by atoms with E-state index in [1.165, 1.54) is 0 Å². The van der Waals surface area contributed by atoms with Crippen LogP contribution in [0.2, 0.25) is 0 Å². The molecule has 4 aliphatic heterocycles. The van der Waals surface area contributed by atoms with Crippen LogP contribution in [0.1, 0.15) is 33.6 Å². The second-order valence-electron chi connectivity index (χ2n) is 13.1. The summed E-state index contributed by atoms with van der Waals surface area (Å²) >= 11 is 1.67. The molecule has 2 bridgehead atoms. The van der Waals surface area contributed by atoms with Gasteiger partial charge in [-0.05, 0) is 37.8 Å². The van der Waals surface area contributed by atoms with E-state index in [2.05, 4.69) is 25.0 Å². The summed E-state index contributed by atoms with van der Waals surface area (Å²) in [6, 6.07) is 8.19. The molecule has 0 saturated carbocycles. The van der Waals surface area contributed by atoms with E-state index in [9.17, 15) is 19.5 Å². The van der Waals surface area contributed by atoms with Crippen molar-refractivity contribution in [2.75, 3.05) is 64.0 Å². The molecule has 3 amide bonds. The summed E-state index contributed by atoms with van der Waals surface area (Å²) in [6.07, 6.45) is 4.84. The average Bonchev–Trinajstić information content (AvgIpc) is 3.59. The van der Waals surface area contributed by atoms with Gasteiger partial charge >= 0.3 is 0 Å². The van der Waals surface area contributed by atoms with Crippen molar-refractivity contribution >= 4 is 35.2 Å². The van der Waals surface area contributed by atoms with Gasteiger partial charge in [-0.1, -0.05) is 44.2 Å². The summed E-state index contributed by atoms with van der Waals surface area (Å²) in [6.45, 7) is 18.5. The Labute approximate surface area is 266 Å². The smallest absolute Gasteiger partial charge is 0.247 e. The van der Waals surface area contributed by atoms with Gasteiger partial charge in [-0.15, -0.1) is 24.9 Å². The first-order valence-electron chi connectivity index (χ1n) is 15.9. The minimum atomic E-state index is -0.779. The lowest BCUT2D eigenvalue weighted by atomic mass is 9.66. The number of rotatable bonds is 13. The number of carbonyl (C=O) groups excluding carboxylic acids is 3. The van der Waals surface area contributed by atoms with E-state index in [0.717, 1.165) is 25.2 Å². The minimum absolute atomic E-state index is 0.0794. The van der Waals surface area contributed by atoms with Gasteiger partial charge in [-0.3, -0.25) is 19.3 Å². The molecular weight excluding hydrogens is 576 g/mol. The number of fused-ring (bicyclic) bond motifs is 1. The van der Waals surface area contributed by atoms with E-state index < -0.39 is 33.4 Å². The molecule has 4 fully saturated rings. The zero-order valence-corrected chi connectivity index (χ0v) is 27.2. The molecule has 0 radical (unpaired) electrons. The van der Waals surface area contributed by atoms with Crippen molar-refractivity contribution in [2.45, 2.75) is 55.2 Å². The fourth-order valence-corrected chi connectivity index (χ4v) is 10.3. The van der Waals surface area contributed by atoms with Gasteiger partial charge in [-0.25, -0.2) is 0 Å². The van der Waals surface area contributed by atoms with Gasteiger partial charge in [0, 0.05) is 49.7 Å². The number of nitrogens with zero attached hydrogens (tertiary/aromatic N) is 4. The molecule has 1 aromatic rings. The highest BCUT2D eigenvalue weighted by Crippen LogP contribution is 2.72. The minimum Gasteiger partial charge on any atom is -0.394 e. The highest BCUT2D eigenvalue weighted by atomic mass is 32.2. The Bertz CT molecular complexity index is 1240. The van der Waals surface area contributed by atoms with E-state index in [1.54, 1.807) is 33.7 Å². The highest BCUT2D eigenvalue weighted by molar-refractivity contribution is 8.02. The summed E-state index contributed by atoms with van der Waals surface area (Å²) in [7, 11) is 0. The average molecular weight is 625 g/mol. The van der Waals surface area contributed by atoms with Crippen molar-refractivity contribution in [1.82, 2.24) is 14.7 Å². The maximum atomic E-state index is 14.8. The van der Waals surface area contributed by atoms with Crippen molar-refractivity contribution in [2.24, 2.45) is 17.8 Å². The van der Waals surface area contributed by atoms with Gasteiger partial charge in [0.25, 0.3) is 0 Å². The molecule has 1 spiro atoms. The summed E-state index contributed by atoms with van der Waals surface area (Å²) < 4.78 is 4.24. The monoisotopic (exact) mass is 624 g/mol. The van der Waals surface area contributed by atoms with Gasteiger partial charge in [0.1, 0.15) is 6.04 Å². The number of likely N-dealkylation sites (tertiary alicyclic amines) is 1. The van der Waals surface area contributed by atoms with E-state index in [4.69, 9.17) is 4.74 Å². The molecule has 2 unspecified atom stereocenters. The molecule has 10 heteroatoms. The third-order valence-electron chi connectivity index (χ3n) is 10.1. The molecule has 4 saturated heterocycles. The van der Waals surface area contributed by atoms with Crippen LogP contribution in [0.4, 0.5) is 5.69 Å². The molecular formula is C34H48N4O5S. The number of morpholine rings is 1. The number of anilines is 1. The van der Waals surface area contributed by atoms with Crippen molar-refractivity contribution < 1.29 is 24.2 Å². The first kappa shape index (κ1) is 32.7. The van der Waals surface area contributed by atoms with E-state index in [1.807, 2.05) is 49.1 Å². The standard InChI is InChI=1S/C34H48N4O5S/c1-6-15-36(18-17-35-19-21-43-22-20-35)32(42)29-34-14-13-33(5,44-34)27(28(34)31(41)38(29)26(23-39)24(3)4)30(40)37(16-7-2)25-11-9-8-10-12-25/h6-12,24,26-29,39H,1-2,13-23H2,3-5H3/t26-,27-,28-,29?,33+,34?/m0/s1. The van der Waals surface area contributed by atoms with Crippen molar-refractivity contribution in [1.29, 1.82) is 0 Å². The number of amides is 3. The van der Waals surface area contributed by atoms with Crippen molar-refractivity contribution in [3.05, 3.63) is 55.6 Å². The maximum absolute atomic E-state index is 14.8.